The second-order valence-corrected chi connectivity index (χ2v) is 13.5. The Morgan fingerprint density at radius 2 is 1.72 bits per heavy atom. The van der Waals surface area contributed by atoms with Crippen LogP contribution in [-0.4, -0.2) is 74.3 Å². The molecule has 0 spiro atoms. The molecule has 2 N–H and O–H groups in total. The number of carbonyl (C=O) groups is 1. The molecule has 1 aromatic heterocycles. The first-order valence-corrected chi connectivity index (χ1v) is 15.9. The SMILES string of the molecule is CC1(C)c2n[nH]c(CC(=O)c3ccc(N4CCOCC4)cc3NC3CCOCC3)c2CN1S(=O)(=O)c1cc(F)cc(F)c1. The van der Waals surface area contributed by atoms with Gasteiger partial charge in [0.25, 0.3) is 0 Å². The van der Waals surface area contributed by atoms with E-state index in [0.717, 1.165) is 49.4 Å². The zero-order valence-corrected chi connectivity index (χ0v) is 25.0. The number of H-pyrrole nitrogens is 1. The van der Waals surface area contributed by atoms with E-state index in [0.29, 0.717) is 55.0 Å². The average molecular weight is 616 g/mol. The van der Waals surface area contributed by atoms with Gasteiger partial charge in [-0.1, -0.05) is 0 Å². The van der Waals surface area contributed by atoms with Gasteiger partial charge in [-0.25, -0.2) is 17.2 Å². The molecular formula is C30H35F2N5O5S. The van der Waals surface area contributed by atoms with Gasteiger partial charge in [0.15, 0.2) is 5.78 Å². The van der Waals surface area contributed by atoms with Crippen molar-refractivity contribution in [3.8, 4) is 0 Å². The van der Waals surface area contributed by atoms with Crippen LogP contribution >= 0.6 is 0 Å². The molecule has 0 atom stereocenters. The summed E-state index contributed by atoms with van der Waals surface area (Å²) in [4.78, 5) is 15.6. The van der Waals surface area contributed by atoms with Crippen LogP contribution in [0.25, 0.3) is 0 Å². The van der Waals surface area contributed by atoms with Crippen molar-refractivity contribution in [2.45, 2.75) is 56.1 Å². The second kappa shape index (κ2) is 11.6. The number of hydrogen-bond acceptors (Lipinski definition) is 8. The fourth-order valence-corrected chi connectivity index (χ4v) is 7.87. The fourth-order valence-electron chi connectivity index (χ4n) is 6.10. The monoisotopic (exact) mass is 615 g/mol. The predicted molar refractivity (Wildman–Crippen MR) is 156 cm³/mol. The highest BCUT2D eigenvalue weighted by atomic mass is 32.2. The molecule has 3 aromatic rings. The Bertz CT molecular complexity index is 1610. The molecule has 0 aliphatic carbocycles. The Hall–Kier alpha value is -3.39. The number of aromatic amines is 1. The van der Waals surface area contributed by atoms with Gasteiger partial charge in [-0.05, 0) is 57.0 Å². The molecule has 0 saturated carbocycles. The third-order valence-corrected chi connectivity index (χ3v) is 10.5. The minimum absolute atomic E-state index is 0.0275. The number of nitrogens with one attached hydrogen (secondary N) is 2. The molecule has 3 aliphatic rings. The number of halogens is 2. The van der Waals surface area contributed by atoms with Crippen LogP contribution in [0.15, 0.2) is 41.3 Å². The molecule has 2 saturated heterocycles. The van der Waals surface area contributed by atoms with Crippen molar-refractivity contribution < 1.29 is 31.5 Å². The van der Waals surface area contributed by atoms with E-state index in [1.165, 1.54) is 4.31 Å². The zero-order valence-electron chi connectivity index (χ0n) is 24.2. The number of rotatable bonds is 8. The number of Topliss-reactive ketones (excluding diaryl/α,β-unsaturated/α-hetero) is 1. The number of ketones is 1. The zero-order chi connectivity index (χ0) is 30.4. The second-order valence-electron chi connectivity index (χ2n) is 11.7. The predicted octanol–water partition coefficient (Wildman–Crippen LogP) is 3.98. The summed E-state index contributed by atoms with van der Waals surface area (Å²) in [5, 5.41) is 10.9. The number of carbonyl (C=O) groups excluding carboxylic acids is 1. The lowest BCUT2D eigenvalue weighted by Gasteiger charge is -2.30. The fraction of sp³-hybridized carbons (Fsp3) is 0.467. The van der Waals surface area contributed by atoms with Crippen LogP contribution in [0.1, 0.15) is 54.0 Å². The highest BCUT2D eigenvalue weighted by Gasteiger charge is 2.48. The maximum atomic E-state index is 13.9. The number of morpholine rings is 1. The van der Waals surface area contributed by atoms with Crippen LogP contribution in [0.3, 0.4) is 0 Å². The lowest BCUT2D eigenvalue weighted by molar-refractivity contribution is 0.0904. The largest absolute Gasteiger partial charge is 0.381 e. The van der Waals surface area contributed by atoms with Crippen LogP contribution in [-0.2, 0) is 38.0 Å². The maximum absolute atomic E-state index is 13.9. The van der Waals surface area contributed by atoms with Gasteiger partial charge in [-0.15, -0.1) is 0 Å². The molecule has 10 nitrogen and oxygen atoms in total. The number of hydrogen-bond donors (Lipinski definition) is 2. The van der Waals surface area contributed by atoms with E-state index in [-0.39, 0.29) is 24.8 Å². The van der Waals surface area contributed by atoms with Gasteiger partial charge in [0.05, 0.1) is 35.8 Å². The van der Waals surface area contributed by atoms with Crippen molar-refractivity contribution in [2.75, 3.05) is 49.7 Å². The molecule has 2 aromatic carbocycles. The summed E-state index contributed by atoms with van der Waals surface area (Å²) in [6.07, 6.45) is 1.64. The molecule has 6 rings (SSSR count). The topological polar surface area (TPSA) is 117 Å². The minimum atomic E-state index is -4.28. The van der Waals surface area contributed by atoms with E-state index < -0.39 is 32.1 Å². The Kier molecular flexibility index (Phi) is 8.01. The van der Waals surface area contributed by atoms with E-state index in [9.17, 15) is 22.0 Å². The summed E-state index contributed by atoms with van der Waals surface area (Å²) in [6.45, 7) is 7.40. The first-order chi connectivity index (χ1) is 20.5. The molecule has 4 heterocycles. The Labute approximate surface area is 249 Å². The molecule has 0 bridgehead atoms. The number of anilines is 2. The van der Waals surface area contributed by atoms with Gasteiger partial charge in [-0.3, -0.25) is 9.89 Å². The van der Waals surface area contributed by atoms with Crippen molar-refractivity contribution >= 4 is 27.2 Å². The summed E-state index contributed by atoms with van der Waals surface area (Å²) in [5.41, 5.74) is 2.73. The summed E-state index contributed by atoms with van der Waals surface area (Å²) < 4.78 is 67.1. The third kappa shape index (κ3) is 5.78. The quantitative estimate of drug-likeness (QED) is 0.366. The molecule has 0 amide bonds. The van der Waals surface area contributed by atoms with Crippen LogP contribution in [0, 0.1) is 11.6 Å². The van der Waals surface area contributed by atoms with Crippen LogP contribution < -0.4 is 10.2 Å². The average Bonchev–Trinajstić information content (AvgIpc) is 3.51. The molecule has 13 heteroatoms. The van der Waals surface area contributed by atoms with Crippen LogP contribution in [0.2, 0.25) is 0 Å². The number of aromatic nitrogens is 2. The summed E-state index contributed by atoms with van der Waals surface area (Å²) >= 11 is 0. The molecule has 0 radical (unpaired) electrons. The molecular weight excluding hydrogens is 580 g/mol. The van der Waals surface area contributed by atoms with Gasteiger partial charge in [-0.2, -0.15) is 9.40 Å². The maximum Gasteiger partial charge on any atom is 0.244 e. The summed E-state index contributed by atoms with van der Waals surface area (Å²) in [5.74, 6) is -2.11. The van der Waals surface area contributed by atoms with Crippen molar-refractivity contribution in [1.82, 2.24) is 14.5 Å². The van der Waals surface area contributed by atoms with Crippen molar-refractivity contribution in [2.24, 2.45) is 0 Å². The normalized spacial score (nSPS) is 19.4. The first kappa shape index (κ1) is 29.7. The number of benzene rings is 2. The number of fused-ring (bicyclic) bond motifs is 1. The number of ether oxygens (including phenoxy) is 2. The minimum Gasteiger partial charge on any atom is -0.381 e. The number of nitrogens with zero attached hydrogens (tertiary/aromatic N) is 3. The standard InChI is InChI=1S/C30H35F2N5O5S/c1-30(2)29-25(18-37(30)43(39,40)23-14-19(31)13-20(32)15-23)27(34-35-29)17-28(38)24-4-3-22(36-7-11-42-12-8-36)16-26(24)33-21-5-9-41-10-6-21/h3-4,13-16,21,33H,5-12,17-18H2,1-2H3,(H,34,35). The van der Waals surface area contributed by atoms with Gasteiger partial charge in [0.2, 0.25) is 10.0 Å². The molecule has 230 valence electrons. The van der Waals surface area contributed by atoms with E-state index >= 15 is 0 Å². The van der Waals surface area contributed by atoms with Crippen LogP contribution in [0.5, 0.6) is 0 Å². The summed E-state index contributed by atoms with van der Waals surface area (Å²) in [6, 6.07) is 8.20. The molecule has 3 aliphatic heterocycles. The van der Waals surface area contributed by atoms with Gasteiger partial charge in [0, 0.05) is 73.2 Å². The molecule has 2 fully saturated rings. The van der Waals surface area contributed by atoms with Crippen molar-refractivity contribution in [3.05, 3.63) is 70.5 Å². The Morgan fingerprint density at radius 1 is 1.05 bits per heavy atom. The summed E-state index contributed by atoms with van der Waals surface area (Å²) in [7, 11) is -4.28. The van der Waals surface area contributed by atoms with E-state index in [1.807, 2.05) is 18.2 Å². The first-order valence-electron chi connectivity index (χ1n) is 14.4. The van der Waals surface area contributed by atoms with Gasteiger partial charge < -0.3 is 19.7 Å². The van der Waals surface area contributed by atoms with Crippen molar-refractivity contribution in [1.29, 1.82) is 0 Å². The number of sulfonamides is 1. The van der Waals surface area contributed by atoms with Crippen LogP contribution in [0.4, 0.5) is 20.2 Å². The van der Waals surface area contributed by atoms with Gasteiger partial charge >= 0.3 is 0 Å². The lowest BCUT2D eigenvalue weighted by Crippen LogP contribution is -2.40. The Balaban J connectivity index is 1.27. The smallest absolute Gasteiger partial charge is 0.244 e. The highest BCUT2D eigenvalue weighted by molar-refractivity contribution is 7.89. The van der Waals surface area contributed by atoms with E-state index in [2.05, 4.69) is 20.4 Å². The van der Waals surface area contributed by atoms with Gasteiger partial charge in [0.1, 0.15) is 11.6 Å². The third-order valence-electron chi connectivity index (χ3n) is 8.48. The highest BCUT2D eigenvalue weighted by Crippen LogP contribution is 2.43. The van der Waals surface area contributed by atoms with E-state index in [4.69, 9.17) is 9.47 Å². The molecule has 43 heavy (non-hydrogen) atoms. The lowest BCUT2D eigenvalue weighted by atomic mass is 9.98. The van der Waals surface area contributed by atoms with Crippen molar-refractivity contribution in [3.63, 3.8) is 0 Å². The van der Waals surface area contributed by atoms with E-state index in [1.54, 1.807) is 13.8 Å². The molecule has 0 unspecified atom stereocenters. The Morgan fingerprint density at radius 3 is 2.42 bits per heavy atom.